The maximum absolute atomic E-state index is 12.1. The van der Waals surface area contributed by atoms with E-state index in [1.807, 2.05) is 61.5 Å². The van der Waals surface area contributed by atoms with Crippen LogP contribution in [0.1, 0.15) is 5.56 Å². The SMILES string of the molecule is Cc1cccc(-c2noc(-c3ccc(NC(=O)COc4ccccc4)cc3)n2)c1. The van der Waals surface area contributed by atoms with Crippen LogP contribution in [0.4, 0.5) is 5.69 Å². The zero-order valence-electron chi connectivity index (χ0n) is 15.8. The quantitative estimate of drug-likeness (QED) is 0.519. The Morgan fingerprint density at radius 1 is 0.966 bits per heavy atom. The lowest BCUT2D eigenvalue weighted by Gasteiger charge is -2.07. The Hall–Kier alpha value is -3.93. The third-order valence-corrected chi connectivity index (χ3v) is 4.23. The summed E-state index contributed by atoms with van der Waals surface area (Å²) in [6.07, 6.45) is 0. The summed E-state index contributed by atoms with van der Waals surface area (Å²) in [6, 6.07) is 24.3. The molecule has 4 rings (SSSR count). The minimum Gasteiger partial charge on any atom is -0.484 e. The topological polar surface area (TPSA) is 77.2 Å². The van der Waals surface area contributed by atoms with Crippen molar-refractivity contribution in [3.8, 4) is 28.6 Å². The Kier molecular flexibility index (Phi) is 5.33. The number of aromatic nitrogens is 2. The summed E-state index contributed by atoms with van der Waals surface area (Å²) < 4.78 is 10.8. The number of para-hydroxylation sites is 1. The fourth-order valence-corrected chi connectivity index (χ4v) is 2.80. The minimum atomic E-state index is -0.235. The van der Waals surface area contributed by atoms with Gasteiger partial charge >= 0.3 is 0 Å². The Bertz CT molecular complexity index is 1110. The van der Waals surface area contributed by atoms with Crippen molar-refractivity contribution in [3.63, 3.8) is 0 Å². The highest BCUT2D eigenvalue weighted by Crippen LogP contribution is 2.24. The van der Waals surface area contributed by atoms with Crippen LogP contribution in [0.2, 0.25) is 0 Å². The number of hydrogen-bond acceptors (Lipinski definition) is 5. The number of anilines is 1. The molecular formula is C23H19N3O3. The zero-order chi connectivity index (χ0) is 20.1. The third kappa shape index (κ3) is 4.68. The molecule has 4 aromatic rings. The van der Waals surface area contributed by atoms with Gasteiger partial charge in [-0.2, -0.15) is 4.98 Å². The molecule has 0 radical (unpaired) electrons. The van der Waals surface area contributed by atoms with Gasteiger partial charge in [-0.15, -0.1) is 0 Å². The second-order valence-corrected chi connectivity index (χ2v) is 6.52. The maximum atomic E-state index is 12.1. The first-order valence-electron chi connectivity index (χ1n) is 9.16. The van der Waals surface area contributed by atoms with E-state index in [1.54, 1.807) is 24.3 Å². The molecule has 6 heteroatoms. The number of aryl methyl sites for hydroxylation is 1. The van der Waals surface area contributed by atoms with Gasteiger partial charge in [0.1, 0.15) is 5.75 Å². The number of nitrogens with one attached hydrogen (secondary N) is 1. The van der Waals surface area contributed by atoms with Crippen LogP contribution in [0.25, 0.3) is 22.8 Å². The van der Waals surface area contributed by atoms with Crippen LogP contribution in [0.5, 0.6) is 5.75 Å². The van der Waals surface area contributed by atoms with Crippen LogP contribution in [0.15, 0.2) is 83.4 Å². The van der Waals surface area contributed by atoms with Gasteiger partial charge in [0.2, 0.25) is 5.82 Å². The Labute approximate surface area is 168 Å². The van der Waals surface area contributed by atoms with Crippen molar-refractivity contribution >= 4 is 11.6 Å². The van der Waals surface area contributed by atoms with Gasteiger partial charge < -0.3 is 14.6 Å². The average molecular weight is 385 g/mol. The molecule has 0 spiro atoms. The summed E-state index contributed by atoms with van der Waals surface area (Å²) in [4.78, 5) is 16.5. The fourth-order valence-electron chi connectivity index (χ4n) is 2.80. The molecule has 0 fully saturated rings. The number of carbonyl (C=O) groups is 1. The highest BCUT2D eigenvalue weighted by molar-refractivity contribution is 5.92. The van der Waals surface area contributed by atoms with E-state index in [0.717, 1.165) is 16.7 Å². The first-order chi connectivity index (χ1) is 14.2. The van der Waals surface area contributed by atoms with Crippen LogP contribution < -0.4 is 10.1 Å². The summed E-state index contributed by atoms with van der Waals surface area (Å²) in [5.74, 6) is 1.38. The molecular weight excluding hydrogens is 366 g/mol. The molecule has 0 aliphatic carbocycles. The largest absolute Gasteiger partial charge is 0.484 e. The lowest BCUT2D eigenvalue weighted by Crippen LogP contribution is -2.20. The first kappa shape index (κ1) is 18.4. The van der Waals surface area contributed by atoms with Crippen molar-refractivity contribution in [3.05, 3.63) is 84.4 Å². The van der Waals surface area contributed by atoms with Gasteiger partial charge in [-0.1, -0.05) is 47.1 Å². The van der Waals surface area contributed by atoms with E-state index in [-0.39, 0.29) is 12.5 Å². The Morgan fingerprint density at radius 2 is 1.76 bits per heavy atom. The van der Waals surface area contributed by atoms with Crippen molar-refractivity contribution in [2.75, 3.05) is 11.9 Å². The maximum Gasteiger partial charge on any atom is 0.262 e. The normalized spacial score (nSPS) is 10.5. The average Bonchev–Trinajstić information content (AvgIpc) is 3.24. The summed E-state index contributed by atoms with van der Waals surface area (Å²) in [5, 5.41) is 6.85. The Balaban J connectivity index is 1.38. The van der Waals surface area contributed by atoms with Crippen molar-refractivity contribution in [2.24, 2.45) is 0 Å². The highest BCUT2D eigenvalue weighted by atomic mass is 16.5. The Morgan fingerprint density at radius 3 is 2.52 bits per heavy atom. The molecule has 0 aliphatic rings. The lowest BCUT2D eigenvalue weighted by molar-refractivity contribution is -0.118. The van der Waals surface area contributed by atoms with E-state index in [0.29, 0.717) is 23.2 Å². The molecule has 0 bridgehead atoms. The van der Waals surface area contributed by atoms with Crippen LogP contribution in [-0.2, 0) is 4.79 Å². The molecule has 29 heavy (non-hydrogen) atoms. The van der Waals surface area contributed by atoms with E-state index in [2.05, 4.69) is 15.5 Å². The second kappa shape index (κ2) is 8.39. The lowest BCUT2D eigenvalue weighted by atomic mass is 10.1. The first-order valence-corrected chi connectivity index (χ1v) is 9.16. The van der Waals surface area contributed by atoms with Gasteiger partial charge in [-0.05, 0) is 49.4 Å². The second-order valence-electron chi connectivity index (χ2n) is 6.52. The van der Waals surface area contributed by atoms with Gasteiger partial charge in [0.05, 0.1) is 0 Å². The monoisotopic (exact) mass is 385 g/mol. The van der Waals surface area contributed by atoms with Crippen LogP contribution in [-0.4, -0.2) is 22.7 Å². The number of hydrogen-bond donors (Lipinski definition) is 1. The van der Waals surface area contributed by atoms with Gasteiger partial charge in [-0.25, -0.2) is 0 Å². The molecule has 0 saturated carbocycles. The molecule has 3 aromatic carbocycles. The summed E-state index contributed by atoms with van der Waals surface area (Å²) >= 11 is 0. The molecule has 144 valence electrons. The molecule has 1 N–H and O–H groups in total. The van der Waals surface area contributed by atoms with E-state index >= 15 is 0 Å². The van der Waals surface area contributed by atoms with Crippen LogP contribution in [0, 0.1) is 6.92 Å². The summed E-state index contributed by atoms with van der Waals surface area (Å²) in [6.45, 7) is 1.96. The van der Waals surface area contributed by atoms with Gasteiger partial charge in [0.15, 0.2) is 6.61 Å². The number of rotatable bonds is 6. The van der Waals surface area contributed by atoms with E-state index in [4.69, 9.17) is 9.26 Å². The van der Waals surface area contributed by atoms with Gasteiger partial charge in [-0.3, -0.25) is 4.79 Å². The van der Waals surface area contributed by atoms with Gasteiger partial charge in [0, 0.05) is 16.8 Å². The summed E-state index contributed by atoms with van der Waals surface area (Å²) in [5.41, 5.74) is 3.47. The summed E-state index contributed by atoms with van der Waals surface area (Å²) in [7, 11) is 0. The number of amides is 1. The zero-order valence-corrected chi connectivity index (χ0v) is 15.8. The molecule has 1 amide bonds. The highest BCUT2D eigenvalue weighted by Gasteiger charge is 2.11. The number of nitrogens with zero attached hydrogens (tertiary/aromatic N) is 2. The molecule has 6 nitrogen and oxygen atoms in total. The predicted octanol–water partition coefficient (Wildman–Crippen LogP) is 4.73. The third-order valence-electron chi connectivity index (χ3n) is 4.23. The number of carbonyl (C=O) groups excluding carboxylic acids is 1. The van der Waals surface area contributed by atoms with E-state index in [1.165, 1.54) is 0 Å². The van der Waals surface area contributed by atoms with E-state index in [9.17, 15) is 4.79 Å². The molecule has 0 saturated heterocycles. The number of benzene rings is 3. The van der Waals surface area contributed by atoms with E-state index < -0.39 is 0 Å². The minimum absolute atomic E-state index is 0.0602. The standard InChI is InChI=1S/C23H19N3O3/c1-16-6-5-7-18(14-16)22-25-23(29-26-22)17-10-12-19(13-11-17)24-21(27)15-28-20-8-3-2-4-9-20/h2-14H,15H2,1H3,(H,24,27). The number of ether oxygens (including phenoxy) is 1. The predicted molar refractivity (Wildman–Crippen MR) is 110 cm³/mol. The van der Waals surface area contributed by atoms with Crippen LogP contribution in [0.3, 0.4) is 0 Å². The fraction of sp³-hybridized carbons (Fsp3) is 0.0870. The molecule has 0 atom stereocenters. The van der Waals surface area contributed by atoms with Crippen molar-refractivity contribution in [1.82, 2.24) is 10.1 Å². The molecule has 0 unspecified atom stereocenters. The molecule has 1 aromatic heterocycles. The van der Waals surface area contributed by atoms with Crippen LogP contribution >= 0.6 is 0 Å². The van der Waals surface area contributed by atoms with Crippen molar-refractivity contribution in [2.45, 2.75) is 6.92 Å². The molecule has 1 heterocycles. The van der Waals surface area contributed by atoms with Crippen molar-refractivity contribution < 1.29 is 14.1 Å². The smallest absolute Gasteiger partial charge is 0.262 e. The van der Waals surface area contributed by atoms with Gasteiger partial charge in [0.25, 0.3) is 11.8 Å². The van der Waals surface area contributed by atoms with Crippen molar-refractivity contribution in [1.29, 1.82) is 0 Å². The molecule has 0 aliphatic heterocycles.